The predicted octanol–water partition coefficient (Wildman–Crippen LogP) is 3.26. The first-order valence-corrected chi connectivity index (χ1v) is 21.3. The van der Waals surface area contributed by atoms with Crippen LogP contribution in [0.1, 0.15) is 118 Å². The first-order chi connectivity index (χ1) is 25.7. The monoisotopic (exact) mass is 763 g/mol. The molecule has 4 aliphatic carbocycles. The number of hydrogen-bond donors (Lipinski definition) is 5. The van der Waals surface area contributed by atoms with Gasteiger partial charge in [0.15, 0.2) is 18.9 Å². The molecule has 5 N–H and O–H groups in total. The molecule has 0 radical (unpaired) electrons. The molecule has 5 saturated heterocycles. The highest BCUT2D eigenvalue weighted by Gasteiger charge is 2.73. The third-order valence-corrected chi connectivity index (χ3v) is 16.7. The molecule has 306 valence electrons. The Hall–Kier alpha value is -0.970. The number of amides is 1. The van der Waals surface area contributed by atoms with Crippen LogP contribution in [-0.2, 0) is 38.0 Å². The van der Waals surface area contributed by atoms with Crippen molar-refractivity contribution >= 4 is 5.91 Å². The summed E-state index contributed by atoms with van der Waals surface area (Å²) in [6.45, 7) is 10.4. The highest BCUT2D eigenvalue weighted by atomic mass is 16.7. The van der Waals surface area contributed by atoms with Gasteiger partial charge in [-0.15, -0.1) is 0 Å². The highest BCUT2D eigenvalue weighted by Crippen LogP contribution is 2.73. The molecule has 2 bridgehead atoms. The van der Waals surface area contributed by atoms with Crippen LogP contribution in [0.2, 0.25) is 0 Å². The van der Waals surface area contributed by atoms with E-state index in [0.29, 0.717) is 42.4 Å². The number of nitrogens with one attached hydrogen (secondary N) is 1. The summed E-state index contributed by atoms with van der Waals surface area (Å²) in [5, 5.41) is 45.7. The largest absolute Gasteiger partial charge is 0.390 e. The van der Waals surface area contributed by atoms with Crippen molar-refractivity contribution in [3.8, 4) is 0 Å². The lowest BCUT2D eigenvalue weighted by molar-refractivity contribution is -0.336. The van der Waals surface area contributed by atoms with Crippen LogP contribution < -0.4 is 5.32 Å². The van der Waals surface area contributed by atoms with Gasteiger partial charge < -0.3 is 58.9 Å². The number of rotatable bonds is 6. The van der Waals surface area contributed by atoms with Crippen LogP contribution in [0.4, 0.5) is 0 Å². The van der Waals surface area contributed by atoms with E-state index in [9.17, 15) is 25.2 Å². The van der Waals surface area contributed by atoms with Gasteiger partial charge >= 0.3 is 0 Å². The van der Waals surface area contributed by atoms with Crippen LogP contribution in [0, 0.1) is 40.4 Å². The second kappa shape index (κ2) is 14.1. The van der Waals surface area contributed by atoms with Crippen molar-refractivity contribution in [2.24, 2.45) is 40.4 Å². The number of ether oxygens (including phenoxy) is 7. The van der Waals surface area contributed by atoms with Gasteiger partial charge in [0.25, 0.3) is 0 Å². The zero-order chi connectivity index (χ0) is 37.9. The van der Waals surface area contributed by atoms with Gasteiger partial charge in [-0.05, 0) is 108 Å². The van der Waals surface area contributed by atoms with Crippen molar-refractivity contribution in [1.29, 1.82) is 0 Å². The zero-order valence-electron chi connectivity index (χ0n) is 32.7. The molecular formula is C41H65NO12. The third kappa shape index (κ3) is 6.16. The summed E-state index contributed by atoms with van der Waals surface area (Å²) in [6.07, 6.45) is 2.48. The summed E-state index contributed by atoms with van der Waals surface area (Å²) in [6, 6.07) is 0. The Morgan fingerprint density at radius 3 is 1.93 bits per heavy atom. The Morgan fingerprint density at radius 1 is 0.667 bits per heavy atom. The molecule has 4 saturated carbocycles. The number of carbonyl (C=O) groups excluding carboxylic acids is 1. The summed E-state index contributed by atoms with van der Waals surface area (Å²) >= 11 is 0. The van der Waals surface area contributed by atoms with Gasteiger partial charge in [-0.25, -0.2) is 0 Å². The second-order valence-electron chi connectivity index (χ2n) is 19.4. The van der Waals surface area contributed by atoms with Crippen molar-refractivity contribution in [2.45, 2.75) is 210 Å². The highest BCUT2D eigenvalue weighted by molar-refractivity contribution is 5.79. The topological polar surface area (TPSA) is 175 Å². The third-order valence-electron chi connectivity index (χ3n) is 16.7. The Morgan fingerprint density at radius 2 is 1.28 bits per heavy atom. The molecule has 5 aliphatic heterocycles. The summed E-state index contributed by atoms with van der Waals surface area (Å²) in [5.41, 5.74) is 0.252. The molecular weight excluding hydrogens is 698 g/mol. The van der Waals surface area contributed by atoms with E-state index in [4.69, 9.17) is 33.2 Å². The van der Waals surface area contributed by atoms with E-state index < -0.39 is 73.8 Å². The molecule has 13 nitrogen and oxygen atoms in total. The van der Waals surface area contributed by atoms with Gasteiger partial charge in [-0.2, -0.15) is 0 Å². The van der Waals surface area contributed by atoms with Crippen LogP contribution in [-0.4, -0.2) is 118 Å². The Bertz CT molecular complexity index is 1370. The molecule has 13 heteroatoms. The minimum absolute atomic E-state index is 0.0693. The van der Waals surface area contributed by atoms with Gasteiger partial charge in [-0.3, -0.25) is 4.79 Å². The lowest BCUT2D eigenvalue weighted by Crippen LogP contribution is -2.67. The minimum Gasteiger partial charge on any atom is -0.390 e. The van der Waals surface area contributed by atoms with E-state index in [-0.39, 0.29) is 47.5 Å². The van der Waals surface area contributed by atoms with E-state index >= 15 is 0 Å². The van der Waals surface area contributed by atoms with Crippen LogP contribution in [0.25, 0.3) is 0 Å². The summed E-state index contributed by atoms with van der Waals surface area (Å²) < 4.78 is 44.2. The van der Waals surface area contributed by atoms with Crippen molar-refractivity contribution in [3.63, 3.8) is 0 Å². The van der Waals surface area contributed by atoms with E-state index in [0.717, 1.165) is 25.7 Å². The lowest BCUT2D eigenvalue weighted by Gasteiger charge is -2.67. The fourth-order valence-corrected chi connectivity index (χ4v) is 13.9. The summed E-state index contributed by atoms with van der Waals surface area (Å²) in [4.78, 5) is 12.5. The first-order valence-electron chi connectivity index (χ1n) is 21.3. The normalized spacial score (nSPS) is 58.4. The first kappa shape index (κ1) is 38.5. The van der Waals surface area contributed by atoms with Crippen LogP contribution in [0.5, 0.6) is 0 Å². The molecule has 0 aromatic rings. The van der Waals surface area contributed by atoms with Gasteiger partial charge in [0.1, 0.15) is 24.5 Å². The van der Waals surface area contributed by atoms with Gasteiger partial charge in [0, 0.05) is 37.0 Å². The molecule has 9 rings (SSSR count). The maximum Gasteiger partial charge on any atom is 0.222 e. The number of aliphatic hydroxyl groups excluding tert-OH is 4. The van der Waals surface area contributed by atoms with Crippen molar-refractivity contribution in [3.05, 3.63) is 0 Å². The number of hydrogen-bond acceptors (Lipinski definition) is 12. The minimum atomic E-state index is -0.989. The molecule has 9 fully saturated rings. The summed E-state index contributed by atoms with van der Waals surface area (Å²) in [7, 11) is 0. The van der Waals surface area contributed by atoms with Crippen molar-refractivity contribution in [1.82, 2.24) is 5.32 Å². The lowest BCUT2D eigenvalue weighted by atomic mass is 9.42. The fourth-order valence-electron chi connectivity index (χ4n) is 13.9. The summed E-state index contributed by atoms with van der Waals surface area (Å²) in [5.74, 6) is 2.76. The Labute approximate surface area is 319 Å². The molecule has 22 atom stereocenters. The van der Waals surface area contributed by atoms with Crippen molar-refractivity contribution in [2.75, 3.05) is 0 Å². The molecule has 0 aromatic carbocycles. The zero-order valence-corrected chi connectivity index (χ0v) is 32.7. The number of carbonyl (C=O) groups is 1. The van der Waals surface area contributed by atoms with Crippen LogP contribution >= 0.6 is 0 Å². The second-order valence-corrected chi connectivity index (χ2v) is 19.4. The van der Waals surface area contributed by atoms with E-state index in [1.165, 1.54) is 32.1 Å². The van der Waals surface area contributed by atoms with E-state index in [2.05, 4.69) is 19.2 Å². The molecule has 0 spiro atoms. The maximum absolute atomic E-state index is 12.5. The van der Waals surface area contributed by atoms with Gasteiger partial charge in [0.2, 0.25) is 5.91 Å². The van der Waals surface area contributed by atoms with E-state index in [1.807, 2.05) is 6.92 Å². The fraction of sp³-hybridized carbons (Fsp3) is 0.976. The number of fused-ring (bicyclic) bond motifs is 5. The van der Waals surface area contributed by atoms with Crippen molar-refractivity contribution < 1.29 is 58.4 Å². The molecule has 9 aliphatic rings. The number of aliphatic hydroxyl groups is 4. The molecule has 1 amide bonds. The average molecular weight is 764 g/mol. The van der Waals surface area contributed by atoms with Crippen LogP contribution in [0.3, 0.4) is 0 Å². The maximum atomic E-state index is 12.5. The predicted molar refractivity (Wildman–Crippen MR) is 191 cm³/mol. The molecule has 0 aromatic heterocycles. The molecule has 54 heavy (non-hydrogen) atoms. The van der Waals surface area contributed by atoms with Gasteiger partial charge in [-0.1, -0.05) is 13.8 Å². The smallest absolute Gasteiger partial charge is 0.222 e. The Balaban J connectivity index is 0.776. The quantitative estimate of drug-likeness (QED) is 0.251. The standard InChI is InChI=1S/C41H65NO12/c1-19-35(47)28(43)16-33(48-19)52-37-21(3)50-34(18-30(37)45)53-36-20(2)49-32(17-29(36)44)51-23-8-11-39(4)22(14-23)6-7-27-26(39)9-12-40(5)25-10-13-41(27,40)54-38-24(25)15-31(46)42-38/h19-30,32-38,43-45,47H,6-18H2,1-5H3,(H,42,46)/t19-,20+,21+,22+,23+,24-,25-,26-,27+,28+,29+,30+,32-,33+,34-,35+,36-,37-,38-,39-,40+,41-/m0/s1. The SMILES string of the molecule is C[C@@H]1O[C@H](O[C@@H]2[C@H](O)C[C@H](O[C@@H]3[C@H](O)C[C@H](O[C@@H]4CC[C@@]5(C)[C@H](CC[C@@H]6[C@@H]5CC[C@]5(C)[C@H]7CC[C@]65O[C@@H]5NC(=O)C[C@H]57)C4)O[C@@H]3C)O[C@@H]2C)C[C@@H](O)[C@@H]1O. The average Bonchev–Trinajstić information content (AvgIpc) is 3.57. The van der Waals surface area contributed by atoms with E-state index in [1.54, 1.807) is 13.8 Å². The molecule has 0 unspecified atom stereocenters. The van der Waals surface area contributed by atoms with Gasteiger partial charge in [0.05, 0.1) is 48.3 Å². The van der Waals surface area contributed by atoms with Crippen LogP contribution in [0.15, 0.2) is 0 Å². The Kier molecular flexibility index (Phi) is 10.1. The molecule has 5 heterocycles.